The normalized spacial score (nSPS) is 14.8. The molecule has 1 aliphatic rings. The molecule has 1 fully saturated rings. The van der Waals surface area contributed by atoms with Gasteiger partial charge in [-0.05, 0) is 50.5 Å². The molecule has 0 radical (unpaired) electrons. The third kappa shape index (κ3) is 3.73. The van der Waals surface area contributed by atoms with Crippen LogP contribution in [0, 0.1) is 0 Å². The van der Waals surface area contributed by atoms with E-state index in [1.165, 1.54) is 0 Å². The lowest BCUT2D eigenvalue weighted by atomic mass is 10.1. The summed E-state index contributed by atoms with van der Waals surface area (Å²) in [6.45, 7) is 3.86. The number of anilines is 1. The number of hydrogen-bond acceptors (Lipinski definition) is 3. The van der Waals surface area contributed by atoms with Crippen LogP contribution in [0.3, 0.4) is 0 Å². The minimum Gasteiger partial charge on any atom is -0.494 e. The highest BCUT2D eigenvalue weighted by molar-refractivity contribution is 6.39. The monoisotopic (exact) mass is 276 g/mol. The SMILES string of the molecule is CCOc1ccc(NC(=O)C(=O)N2CCCCC2)cc1. The van der Waals surface area contributed by atoms with E-state index in [9.17, 15) is 9.59 Å². The Morgan fingerprint density at radius 1 is 1.15 bits per heavy atom. The zero-order valence-electron chi connectivity index (χ0n) is 11.7. The summed E-state index contributed by atoms with van der Waals surface area (Å²) < 4.78 is 5.32. The number of rotatable bonds is 3. The molecular weight excluding hydrogens is 256 g/mol. The molecule has 2 amide bonds. The Hall–Kier alpha value is -2.04. The zero-order valence-corrected chi connectivity index (χ0v) is 11.7. The highest BCUT2D eigenvalue weighted by Crippen LogP contribution is 2.16. The fraction of sp³-hybridized carbons (Fsp3) is 0.467. The number of nitrogens with one attached hydrogen (secondary N) is 1. The number of carbonyl (C=O) groups is 2. The maximum Gasteiger partial charge on any atom is 0.313 e. The minimum absolute atomic E-state index is 0.446. The van der Waals surface area contributed by atoms with E-state index >= 15 is 0 Å². The van der Waals surface area contributed by atoms with Crippen LogP contribution in [-0.2, 0) is 9.59 Å². The van der Waals surface area contributed by atoms with Gasteiger partial charge in [-0.2, -0.15) is 0 Å². The Bertz CT molecular complexity index is 465. The van der Waals surface area contributed by atoms with Crippen LogP contribution in [0.25, 0.3) is 0 Å². The average Bonchev–Trinajstić information content (AvgIpc) is 2.49. The van der Waals surface area contributed by atoms with Crippen molar-refractivity contribution in [2.24, 2.45) is 0 Å². The van der Waals surface area contributed by atoms with Crippen molar-refractivity contribution in [1.82, 2.24) is 4.90 Å². The van der Waals surface area contributed by atoms with Crippen molar-refractivity contribution >= 4 is 17.5 Å². The predicted molar refractivity (Wildman–Crippen MR) is 76.7 cm³/mol. The minimum atomic E-state index is -0.573. The van der Waals surface area contributed by atoms with Crippen LogP contribution < -0.4 is 10.1 Å². The van der Waals surface area contributed by atoms with Crippen molar-refractivity contribution < 1.29 is 14.3 Å². The summed E-state index contributed by atoms with van der Waals surface area (Å²) in [6.07, 6.45) is 3.08. The van der Waals surface area contributed by atoms with Gasteiger partial charge in [0.1, 0.15) is 5.75 Å². The first kappa shape index (κ1) is 14.4. The summed E-state index contributed by atoms with van der Waals surface area (Å²) in [7, 11) is 0. The first-order chi connectivity index (χ1) is 9.70. The molecule has 0 saturated carbocycles. The molecule has 0 aliphatic carbocycles. The topological polar surface area (TPSA) is 58.6 Å². The van der Waals surface area contributed by atoms with Gasteiger partial charge in [0.2, 0.25) is 0 Å². The lowest BCUT2D eigenvalue weighted by Gasteiger charge is -2.25. The van der Waals surface area contributed by atoms with E-state index in [1.54, 1.807) is 29.2 Å². The van der Waals surface area contributed by atoms with E-state index in [0.717, 1.165) is 25.0 Å². The van der Waals surface area contributed by atoms with Crippen LogP contribution in [0.15, 0.2) is 24.3 Å². The molecule has 1 N–H and O–H groups in total. The van der Waals surface area contributed by atoms with E-state index in [2.05, 4.69) is 5.32 Å². The smallest absolute Gasteiger partial charge is 0.313 e. The van der Waals surface area contributed by atoms with E-state index in [0.29, 0.717) is 25.4 Å². The Morgan fingerprint density at radius 2 is 1.80 bits per heavy atom. The molecule has 108 valence electrons. The maximum atomic E-state index is 12.0. The molecular formula is C15H20N2O3. The Labute approximate surface area is 118 Å². The number of ether oxygens (including phenoxy) is 1. The van der Waals surface area contributed by atoms with Crippen LogP contribution >= 0.6 is 0 Å². The Kier molecular flexibility index (Phi) is 4.98. The molecule has 2 rings (SSSR count). The molecule has 20 heavy (non-hydrogen) atoms. The first-order valence-electron chi connectivity index (χ1n) is 7.04. The molecule has 0 spiro atoms. The highest BCUT2D eigenvalue weighted by Gasteiger charge is 2.23. The van der Waals surface area contributed by atoms with Crippen molar-refractivity contribution in [3.63, 3.8) is 0 Å². The molecule has 0 unspecified atom stereocenters. The molecule has 5 nitrogen and oxygen atoms in total. The third-order valence-electron chi connectivity index (χ3n) is 3.26. The van der Waals surface area contributed by atoms with Gasteiger partial charge in [0.25, 0.3) is 0 Å². The van der Waals surface area contributed by atoms with Crippen LogP contribution in [0.1, 0.15) is 26.2 Å². The number of piperidine rings is 1. The molecule has 1 saturated heterocycles. The lowest BCUT2D eigenvalue weighted by molar-refractivity contribution is -0.143. The van der Waals surface area contributed by atoms with Gasteiger partial charge in [-0.3, -0.25) is 9.59 Å². The van der Waals surface area contributed by atoms with Gasteiger partial charge in [0.05, 0.1) is 6.61 Å². The molecule has 0 atom stereocenters. The van der Waals surface area contributed by atoms with Gasteiger partial charge < -0.3 is 15.0 Å². The number of benzene rings is 1. The van der Waals surface area contributed by atoms with Crippen molar-refractivity contribution in [3.8, 4) is 5.75 Å². The van der Waals surface area contributed by atoms with Crippen molar-refractivity contribution in [3.05, 3.63) is 24.3 Å². The third-order valence-corrected chi connectivity index (χ3v) is 3.26. The number of carbonyl (C=O) groups excluding carboxylic acids is 2. The summed E-state index contributed by atoms with van der Waals surface area (Å²) in [4.78, 5) is 25.5. The molecule has 0 bridgehead atoms. The van der Waals surface area contributed by atoms with Crippen LogP contribution in [0.4, 0.5) is 5.69 Å². The number of likely N-dealkylation sites (tertiary alicyclic amines) is 1. The Morgan fingerprint density at radius 3 is 2.40 bits per heavy atom. The largest absolute Gasteiger partial charge is 0.494 e. The average molecular weight is 276 g/mol. The predicted octanol–water partition coefficient (Wildman–Crippen LogP) is 2.04. The molecule has 1 aliphatic heterocycles. The summed E-state index contributed by atoms with van der Waals surface area (Å²) >= 11 is 0. The van der Waals surface area contributed by atoms with Gasteiger partial charge in [0.15, 0.2) is 0 Å². The summed E-state index contributed by atoms with van der Waals surface area (Å²) in [5.41, 5.74) is 0.601. The van der Waals surface area contributed by atoms with Crippen LogP contribution in [-0.4, -0.2) is 36.4 Å². The second kappa shape index (κ2) is 6.93. The van der Waals surface area contributed by atoms with Crippen molar-refractivity contribution in [2.45, 2.75) is 26.2 Å². The highest BCUT2D eigenvalue weighted by atomic mass is 16.5. The first-order valence-corrected chi connectivity index (χ1v) is 7.04. The lowest BCUT2D eigenvalue weighted by Crippen LogP contribution is -2.42. The summed E-state index contributed by atoms with van der Waals surface area (Å²) in [6, 6.07) is 6.99. The summed E-state index contributed by atoms with van der Waals surface area (Å²) in [5, 5.41) is 2.62. The van der Waals surface area contributed by atoms with E-state index in [-0.39, 0.29) is 0 Å². The maximum absolute atomic E-state index is 12.0. The second-order valence-electron chi connectivity index (χ2n) is 4.76. The Balaban J connectivity index is 1.91. The van der Waals surface area contributed by atoms with Gasteiger partial charge >= 0.3 is 11.8 Å². The van der Waals surface area contributed by atoms with Gasteiger partial charge in [0, 0.05) is 18.8 Å². The number of hydrogen-bond donors (Lipinski definition) is 1. The second-order valence-corrected chi connectivity index (χ2v) is 4.76. The standard InChI is InChI=1S/C15H20N2O3/c1-2-20-13-8-6-12(7-9-13)16-14(18)15(19)17-10-4-3-5-11-17/h6-9H,2-5,10-11H2,1H3,(H,16,18). The number of nitrogens with zero attached hydrogens (tertiary/aromatic N) is 1. The van der Waals surface area contributed by atoms with Crippen LogP contribution in [0.2, 0.25) is 0 Å². The van der Waals surface area contributed by atoms with Crippen molar-refractivity contribution in [2.75, 3.05) is 25.0 Å². The zero-order chi connectivity index (χ0) is 14.4. The molecule has 1 aromatic rings. The number of amides is 2. The van der Waals surface area contributed by atoms with Crippen molar-refractivity contribution in [1.29, 1.82) is 0 Å². The van der Waals surface area contributed by atoms with Gasteiger partial charge in [-0.25, -0.2) is 0 Å². The van der Waals surface area contributed by atoms with E-state index in [4.69, 9.17) is 4.74 Å². The molecule has 0 aromatic heterocycles. The molecule has 5 heteroatoms. The van der Waals surface area contributed by atoms with E-state index in [1.807, 2.05) is 6.92 Å². The van der Waals surface area contributed by atoms with Gasteiger partial charge in [-0.1, -0.05) is 0 Å². The summed E-state index contributed by atoms with van der Waals surface area (Å²) in [5.74, 6) is -0.275. The van der Waals surface area contributed by atoms with Crippen LogP contribution in [0.5, 0.6) is 5.75 Å². The quantitative estimate of drug-likeness (QED) is 0.859. The fourth-order valence-corrected chi connectivity index (χ4v) is 2.23. The van der Waals surface area contributed by atoms with Gasteiger partial charge in [-0.15, -0.1) is 0 Å². The van der Waals surface area contributed by atoms with E-state index < -0.39 is 11.8 Å². The molecule has 1 heterocycles. The molecule has 1 aromatic carbocycles. The fourth-order valence-electron chi connectivity index (χ4n) is 2.23.